The molecule has 0 aromatic heterocycles. The van der Waals surface area contributed by atoms with E-state index in [1.165, 1.54) is 4.90 Å². The minimum absolute atomic E-state index is 0.0920. The fraction of sp³-hybridized carbons (Fsp3) is 0.765. The van der Waals surface area contributed by atoms with Gasteiger partial charge in [-0.2, -0.15) is 0 Å². The highest BCUT2D eigenvalue weighted by Crippen LogP contribution is 2.35. The third kappa shape index (κ3) is 3.10. The molecule has 0 aromatic rings. The number of hydrogen-bond acceptors (Lipinski definition) is 4. The van der Waals surface area contributed by atoms with E-state index >= 15 is 0 Å². The Morgan fingerprint density at radius 2 is 1.64 bits per heavy atom. The van der Waals surface area contributed by atoms with Crippen molar-refractivity contribution in [1.82, 2.24) is 9.80 Å². The summed E-state index contributed by atoms with van der Waals surface area (Å²) in [6.07, 6.45) is 6.96. The van der Waals surface area contributed by atoms with E-state index in [2.05, 4.69) is 11.8 Å². The van der Waals surface area contributed by atoms with Crippen LogP contribution >= 0.6 is 0 Å². The normalized spacial score (nSPS) is 31.6. The first-order valence-electron chi connectivity index (χ1n) is 8.47. The van der Waals surface area contributed by atoms with Crippen LogP contribution in [0.3, 0.4) is 0 Å². The largest absolute Gasteiger partial charge is 0.390 e. The highest BCUT2D eigenvalue weighted by molar-refractivity contribution is 6.05. The van der Waals surface area contributed by atoms with E-state index in [0.29, 0.717) is 19.4 Å². The second-order valence-electron chi connectivity index (χ2n) is 7.08. The Hall–Kier alpha value is -1.20. The summed E-state index contributed by atoms with van der Waals surface area (Å²) in [5.74, 6) is 0.183. The third-order valence-corrected chi connectivity index (χ3v) is 5.34. The number of β-amino-alcohol motifs (C(OH)–C–C–N with tert-alkyl or cyclic N) is 1. The van der Waals surface area contributed by atoms with E-state index < -0.39 is 6.10 Å². The van der Waals surface area contributed by atoms with Gasteiger partial charge in [0.05, 0.1) is 24.5 Å². The molecule has 1 N–H and O–H groups in total. The molecule has 5 heteroatoms. The lowest BCUT2D eigenvalue weighted by Gasteiger charge is -2.32. The fourth-order valence-corrected chi connectivity index (χ4v) is 3.86. The summed E-state index contributed by atoms with van der Waals surface area (Å²) in [5, 5.41) is 10.3. The van der Waals surface area contributed by atoms with Crippen molar-refractivity contribution < 1.29 is 14.7 Å². The molecule has 2 heterocycles. The van der Waals surface area contributed by atoms with Crippen LogP contribution in [0.15, 0.2) is 12.2 Å². The number of amides is 2. The zero-order chi connectivity index (χ0) is 15.7. The standard InChI is InChI=1S/C17H26N2O3/c1-12-6-8-18(9-7-12)10-13(20)11-19-16(21)14-4-2-3-5-15(14)17(19)22/h2-3,12-15,20H,4-11H2,1H3/t13-,14-,15+/m0/s1. The second-order valence-corrected chi connectivity index (χ2v) is 7.08. The molecule has 2 aliphatic heterocycles. The number of likely N-dealkylation sites (tertiary alicyclic amines) is 2. The summed E-state index contributed by atoms with van der Waals surface area (Å²) in [4.78, 5) is 28.3. The maximum atomic E-state index is 12.4. The molecule has 0 aromatic carbocycles. The van der Waals surface area contributed by atoms with Gasteiger partial charge in [-0.05, 0) is 44.7 Å². The quantitative estimate of drug-likeness (QED) is 0.622. The monoisotopic (exact) mass is 306 g/mol. The van der Waals surface area contributed by atoms with Crippen LogP contribution in [0.5, 0.6) is 0 Å². The Bertz CT molecular complexity index is 443. The first-order valence-corrected chi connectivity index (χ1v) is 8.47. The smallest absolute Gasteiger partial charge is 0.233 e. The SMILES string of the molecule is CC1CCN(C[C@H](O)CN2C(=O)[C@H]3CC=CC[C@H]3C2=O)CC1. The van der Waals surface area contributed by atoms with Crippen molar-refractivity contribution in [3.8, 4) is 0 Å². The zero-order valence-corrected chi connectivity index (χ0v) is 13.3. The molecule has 1 aliphatic carbocycles. The van der Waals surface area contributed by atoms with Gasteiger partial charge in [-0.25, -0.2) is 0 Å². The molecule has 2 fully saturated rings. The highest BCUT2D eigenvalue weighted by atomic mass is 16.3. The van der Waals surface area contributed by atoms with Gasteiger partial charge in [0.25, 0.3) is 0 Å². The average molecular weight is 306 g/mol. The lowest BCUT2D eigenvalue weighted by atomic mass is 9.85. The summed E-state index contributed by atoms with van der Waals surface area (Å²) in [5.41, 5.74) is 0. The number of imide groups is 1. The summed E-state index contributed by atoms with van der Waals surface area (Å²) in [6.45, 7) is 4.95. The van der Waals surface area contributed by atoms with E-state index in [1.54, 1.807) is 0 Å². The first kappa shape index (κ1) is 15.7. The van der Waals surface area contributed by atoms with Crippen LogP contribution in [0.1, 0.15) is 32.6 Å². The van der Waals surface area contributed by atoms with Crippen molar-refractivity contribution in [1.29, 1.82) is 0 Å². The van der Waals surface area contributed by atoms with Gasteiger partial charge in [-0.15, -0.1) is 0 Å². The number of carbonyl (C=O) groups excluding carboxylic acids is 2. The lowest BCUT2D eigenvalue weighted by Crippen LogP contribution is -2.45. The Morgan fingerprint density at radius 3 is 2.18 bits per heavy atom. The van der Waals surface area contributed by atoms with Gasteiger partial charge in [-0.3, -0.25) is 14.5 Å². The summed E-state index contributed by atoms with van der Waals surface area (Å²) in [6, 6.07) is 0. The van der Waals surface area contributed by atoms with E-state index in [0.717, 1.165) is 31.8 Å². The Kier molecular flexibility index (Phi) is 4.64. The highest BCUT2D eigenvalue weighted by Gasteiger charge is 2.47. The van der Waals surface area contributed by atoms with Crippen molar-refractivity contribution in [3.63, 3.8) is 0 Å². The first-order chi connectivity index (χ1) is 10.6. The van der Waals surface area contributed by atoms with Gasteiger partial charge in [0, 0.05) is 6.54 Å². The third-order valence-electron chi connectivity index (χ3n) is 5.34. The van der Waals surface area contributed by atoms with Crippen LogP contribution in [0.25, 0.3) is 0 Å². The molecule has 2 saturated heterocycles. The molecule has 0 unspecified atom stereocenters. The Morgan fingerprint density at radius 1 is 1.09 bits per heavy atom. The predicted octanol–water partition coefficient (Wildman–Crippen LogP) is 1.03. The van der Waals surface area contributed by atoms with Crippen molar-refractivity contribution in [2.24, 2.45) is 17.8 Å². The van der Waals surface area contributed by atoms with Crippen LogP contribution in [0, 0.1) is 17.8 Å². The summed E-state index contributed by atoms with van der Waals surface area (Å²) >= 11 is 0. The predicted molar refractivity (Wildman–Crippen MR) is 82.9 cm³/mol. The minimum Gasteiger partial charge on any atom is -0.390 e. The summed E-state index contributed by atoms with van der Waals surface area (Å²) < 4.78 is 0. The van der Waals surface area contributed by atoms with E-state index in [-0.39, 0.29) is 30.2 Å². The van der Waals surface area contributed by atoms with E-state index in [1.807, 2.05) is 12.2 Å². The number of fused-ring (bicyclic) bond motifs is 1. The average Bonchev–Trinajstić information content (AvgIpc) is 2.75. The molecule has 0 radical (unpaired) electrons. The van der Waals surface area contributed by atoms with Crippen molar-refractivity contribution in [2.75, 3.05) is 26.2 Å². The Labute approximate surface area is 132 Å². The number of rotatable bonds is 4. The van der Waals surface area contributed by atoms with Gasteiger partial charge in [0.2, 0.25) is 11.8 Å². The molecule has 3 atom stereocenters. The number of piperidine rings is 1. The van der Waals surface area contributed by atoms with Gasteiger partial charge >= 0.3 is 0 Å². The molecule has 22 heavy (non-hydrogen) atoms. The van der Waals surface area contributed by atoms with E-state index in [4.69, 9.17) is 0 Å². The maximum absolute atomic E-state index is 12.4. The van der Waals surface area contributed by atoms with Crippen LogP contribution in [-0.2, 0) is 9.59 Å². The van der Waals surface area contributed by atoms with Crippen LogP contribution in [-0.4, -0.2) is 59.0 Å². The molecule has 3 rings (SSSR count). The molecular formula is C17H26N2O3. The van der Waals surface area contributed by atoms with Gasteiger partial charge in [0.15, 0.2) is 0 Å². The van der Waals surface area contributed by atoms with Crippen LogP contribution < -0.4 is 0 Å². The number of aliphatic hydroxyl groups excluding tert-OH is 1. The summed E-state index contributed by atoms with van der Waals surface area (Å²) in [7, 11) is 0. The number of hydrogen-bond donors (Lipinski definition) is 1. The van der Waals surface area contributed by atoms with Gasteiger partial charge in [0.1, 0.15) is 0 Å². The maximum Gasteiger partial charge on any atom is 0.233 e. The van der Waals surface area contributed by atoms with Gasteiger partial charge < -0.3 is 10.0 Å². The molecule has 5 nitrogen and oxygen atoms in total. The van der Waals surface area contributed by atoms with Crippen LogP contribution in [0.4, 0.5) is 0 Å². The molecule has 2 amide bonds. The molecule has 3 aliphatic rings. The van der Waals surface area contributed by atoms with Gasteiger partial charge in [-0.1, -0.05) is 19.1 Å². The van der Waals surface area contributed by atoms with Crippen LogP contribution in [0.2, 0.25) is 0 Å². The number of allylic oxidation sites excluding steroid dienone is 2. The van der Waals surface area contributed by atoms with E-state index in [9.17, 15) is 14.7 Å². The zero-order valence-electron chi connectivity index (χ0n) is 13.3. The number of nitrogens with zero attached hydrogens (tertiary/aromatic N) is 2. The molecule has 0 spiro atoms. The minimum atomic E-state index is -0.644. The molecule has 122 valence electrons. The fourth-order valence-electron chi connectivity index (χ4n) is 3.86. The molecule has 0 saturated carbocycles. The van der Waals surface area contributed by atoms with Crippen molar-refractivity contribution >= 4 is 11.8 Å². The van der Waals surface area contributed by atoms with Crippen molar-refractivity contribution in [3.05, 3.63) is 12.2 Å². The number of carbonyl (C=O) groups is 2. The van der Waals surface area contributed by atoms with Crippen molar-refractivity contribution in [2.45, 2.75) is 38.7 Å². The lowest BCUT2D eigenvalue weighted by molar-refractivity contribution is -0.141. The molecular weight excluding hydrogens is 280 g/mol. The topological polar surface area (TPSA) is 60.9 Å². The Balaban J connectivity index is 1.54. The molecule has 0 bridgehead atoms. The second kappa shape index (κ2) is 6.50. The number of aliphatic hydroxyl groups is 1.